The first-order valence-electron chi connectivity index (χ1n) is 6.58. The van der Waals surface area contributed by atoms with E-state index in [-0.39, 0.29) is 12.1 Å². The van der Waals surface area contributed by atoms with E-state index in [0.717, 1.165) is 5.56 Å². The molecule has 0 unspecified atom stereocenters. The lowest BCUT2D eigenvalue weighted by Crippen LogP contribution is -2.30. The fourth-order valence-electron chi connectivity index (χ4n) is 1.89. The van der Waals surface area contributed by atoms with Gasteiger partial charge in [0.05, 0.1) is 12.7 Å². The number of amides is 1. The number of hydrogen-bond acceptors (Lipinski definition) is 4. The van der Waals surface area contributed by atoms with E-state index in [1.54, 1.807) is 12.1 Å². The van der Waals surface area contributed by atoms with Crippen molar-refractivity contribution >= 4 is 18.5 Å². The third-order valence-electron chi connectivity index (χ3n) is 3.15. The van der Waals surface area contributed by atoms with Gasteiger partial charge in [-0.05, 0) is 29.2 Å². The number of carbonyl (C=O) groups is 1. The quantitative estimate of drug-likeness (QED) is 0.701. The maximum absolute atomic E-state index is 13.7. The van der Waals surface area contributed by atoms with Crippen LogP contribution >= 0.6 is 0 Å². The number of carbonyl (C=O) groups excluding carboxylic acids is 1. The van der Waals surface area contributed by atoms with Gasteiger partial charge < -0.3 is 20.1 Å². The molecule has 0 aromatic heterocycles. The highest BCUT2D eigenvalue weighted by molar-refractivity contribution is 6.58. The third kappa shape index (κ3) is 3.84. The Balaban J connectivity index is 2.03. The van der Waals surface area contributed by atoms with Crippen molar-refractivity contribution in [1.29, 1.82) is 0 Å². The molecular weight excluding hydrogens is 288 g/mol. The van der Waals surface area contributed by atoms with Crippen LogP contribution in [0, 0.1) is 5.82 Å². The molecule has 0 aliphatic rings. The summed E-state index contributed by atoms with van der Waals surface area (Å²) < 4.78 is 18.6. The van der Waals surface area contributed by atoms with Gasteiger partial charge >= 0.3 is 7.12 Å². The SMILES string of the molecule is COc1ccc(F)c(C(=O)NCc2ccc(B(O)O)cc2)c1. The van der Waals surface area contributed by atoms with Crippen LogP contribution in [0.1, 0.15) is 15.9 Å². The highest BCUT2D eigenvalue weighted by atomic mass is 19.1. The topological polar surface area (TPSA) is 78.8 Å². The van der Waals surface area contributed by atoms with Crippen molar-refractivity contribution < 1.29 is 24.0 Å². The van der Waals surface area contributed by atoms with Crippen molar-refractivity contribution in [2.45, 2.75) is 6.54 Å². The van der Waals surface area contributed by atoms with Crippen molar-refractivity contribution in [1.82, 2.24) is 5.32 Å². The molecule has 0 atom stereocenters. The molecule has 5 nitrogen and oxygen atoms in total. The fraction of sp³-hybridized carbons (Fsp3) is 0.133. The largest absolute Gasteiger partial charge is 0.497 e. The molecule has 0 aliphatic carbocycles. The molecule has 0 bridgehead atoms. The van der Waals surface area contributed by atoms with Gasteiger partial charge in [-0.15, -0.1) is 0 Å². The minimum Gasteiger partial charge on any atom is -0.497 e. The Labute approximate surface area is 127 Å². The molecule has 2 rings (SSSR count). The Morgan fingerprint density at radius 1 is 1.23 bits per heavy atom. The van der Waals surface area contributed by atoms with E-state index in [1.807, 2.05) is 0 Å². The molecule has 0 fully saturated rings. The molecule has 1 amide bonds. The molecule has 2 aromatic carbocycles. The standard InChI is InChI=1S/C15H15BFNO4/c1-22-12-6-7-14(17)13(8-12)15(19)18-9-10-2-4-11(5-3-10)16(20)21/h2-8,20-21H,9H2,1H3,(H,18,19). The van der Waals surface area contributed by atoms with E-state index in [2.05, 4.69) is 5.32 Å². The number of hydrogen-bond donors (Lipinski definition) is 3. The van der Waals surface area contributed by atoms with E-state index in [1.165, 1.54) is 37.4 Å². The number of halogens is 1. The second-order valence-corrected chi connectivity index (χ2v) is 4.64. The normalized spacial score (nSPS) is 10.2. The van der Waals surface area contributed by atoms with Gasteiger partial charge in [0.2, 0.25) is 0 Å². The third-order valence-corrected chi connectivity index (χ3v) is 3.15. The van der Waals surface area contributed by atoms with Crippen molar-refractivity contribution in [3.8, 4) is 5.75 Å². The lowest BCUT2D eigenvalue weighted by atomic mass is 9.80. The maximum Gasteiger partial charge on any atom is 0.488 e. The van der Waals surface area contributed by atoms with Crippen LogP contribution in [0.3, 0.4) is 0 Å². The first kappa shape index (κ1) is 16.0. The number of benzene rings is 2. The number of rotatable bonds is 5. The second kappa shape index (κ2) is 7.06. The first-order chi connectivity index (χ1) is 10.5. The predicted molar refractivity (Wildman–Crippen MR) is 80.4 cm³/mol. The summed E-state index contributed by atoms with van der Waals surface area (Å²) in [6, 6.07) is 10.3. The summed E-state index contributed by atoms with van der Waals surface area (Å²) in [5, 5.41) is 20.6. The molecule has 2 aromatic rings. The summed E-state index contributed by atoms with van der Waals surface area (Å²) in [5.41, 5.74) is 1.01. The molecule has 3 N–H and O–H groups in total. The van der Waals surface area contributed by atoms with Crippen molar-refractivity contribution in [3.63, 3.8) is 0 Å². The van der Waals surface area contributed by atoms with Gasteiger partial charge in [-0.2, -0.15) is 0 Å². The second-order valence-electron chi connectivity index (χ2n) is 4.64. The summed E-state index contributed by atoms with van der Waals surface area (Å²) in [7, 11) is -0.0963. The Hall–Kier alpha value is -2.38. The van der Waals surface area contributed by atoms with Crippen molar-refractivity contribution in [3.05, 3.63) is 59.4 Å². The summed E-state index contributed by atoms with van der Waals surface area (Å²) >= 11 is 0. The number of ether oxygens (including phenoxy) is 1. The van der Waals surface area contributed by atoms with Crippen molar-refractivity contribution in [2.24, 2.45) is 0 Å². The van der Waals surface area contributed by atoms with Gasteiger partial charge in [0.1, 0.15) is 11.6 Å². The molecule has 0 spiro atoms. The van der Waals surface area contributed by atoms with Gasteiger partial charge in [-0.1, -0.05) is 24.3 Å². The van der Waals surface area contributed by atoms with Gasteiger partial charge in [-0.3, -0.25) is 4.79 Å². The van der Waals surface area contributed by atoms with Crippen LogP contribution in [0.2, 0.25) is 0 Å². The maximum atomic E-state index is 13.7. The molecule has 0 saturated carbocycles. The smallest absolute Gasteiger partial charge is 0.488 e. The monoisotopic (exact) mass is 303 g/mol. The number of methoxy groups -OCH3 is 1. The molecule has 0 radical (unpaired) electrons. The van der Waals surface area contributed by atoms with E-state index in [0.29, 0.717) is 11.2 Å². The summed E-state index contributed by atoms with van der Waals surface area (Å²) in [5.74, 6) is -0.785. The van der Waals surface area contributed by atoms with Gasteiger partial charge in [0.25, 0.3) is 5.91 Å². The van der Waals surface area contributed by atoms with E-state index in [4.69, 9.17) is 14.8 Å². The zero-order chi connectivity index (χ0) is 16.1. The Kier molecular flexibility index (Phi) is 5.14. The van der Waals surface area contributed by atoms with Gasteiger partial charge in [0, 0.05) is 6.54 Å². The van der Waals surface area contributed by atoms with Crippen LogP contribution in [0.25, 0.3) is 0 Å². The summed E-state index contributed by atoms with van der Waals surface area (Å²) in [4.78, 5) is 12.0. The van der Waals surface area contributed by atoms with E-state index in [9.17, 15) is 9.18 Å². The highest BCUT2D eigenvalue weighted by Crippen LogP contribution is 2.16. The predicted octanol–water partition coefficient (Wildman–Crippen LogP) is 0.444. The summed E-state index contributed by atoms with van der Waals surface area (Å²) in [6.07, 6.45) is 0. The van der Waals surface area contributed by atoms with Crippen LogP contribution < -0.4 is 15.5 Å². The molecule has 7 heteroatoms. The zero-order valence-corrected chi connectivity index (χ0v) is 11.9. The molecule has 22 heavy (non-hydrogen) atoms. The molecule has 0 heterocycles. The molecule has 0 saturated heterocycles. The van der Waals surface area contributed by atoms with Crippen LogP contribution in [0.4, 0.5) is 4.39 Å². The van der Waals surface area contributed by atoms with Crippen LogP contribution in [-0.4, -0.2) is 30.2 Å². The van der Waals surface area contributed by atoms with E-state index < -0.39 is 18.8 Å². The van der Waals surface area contributed by atoms with Crippen molar-refractivity contribution in [2.75, 3.05) is 7.11 Å². The molecule has 114 valence electrons. The minimum absolute atomic E-state index is 0.0956. The fourth-order valence-corrected chi connectivity index (χ4v) is 1.89. The minimum atomic E-state index is -1.53. The average Bonchev–Trinajstić information content (AvgIpc) is 2.53. The van der Waals surface area contributed by atoms with Crippen LogP contribution in [0.5, 0.6) is 5.75 Å². The van der Waals surface area contributed by atoms with Gasteiger partial charge in [0.15, 0.2) is 0 Å². The molecular formula is C15H15BFNO4. The zero-order valence-electron chi connectivity index (χ0n) is 11.9. The lowest BCUT2D eigenvalue weighted by molar-refractivity contribution is 0.0946. The number of nitrogens with one attached hydrogen (secondary N) is 1. The highest BCUT2D eigenvalue weighted by Gasteiger charge is 2.13. The average molecular weight is 303 g/mol. The van der Waals surface area contributed by atoms with Crippen LogP contribution in [-0.2, 0) is 6.54 Å². The van der Waals surface area contributed by atoms with Gasteiger partial charge in [-0.25, -0.2) is 4.39 Å². The first-order valence-corrected chi connectivity index (χ1v) is 6.58. The van der Waals surface area contributed by atoms with E-state index >= 15 is 0 Å². The molecule has 0 aliphatic heterocycles. The van der Waals surface area contributed by atoms with Crippen LogP contribution in [0.15, 0.2) is 42.5 Å². The Morgan fingerprint density at radius 3 is 2.50 bits per heavy atom. The summed E-state index contributed by atoms with van der Waals surface area (Å²) in [6.45, 7) is 0.192. The Bertz CT molecular complexity index is 661. The Morgan fingerprint density at radius 2 is 1.91 bits per heavy atom. The lowest BCUT2D eigenvalue weighted by Gasteiger charge is -2.08.